The standard InChI is InChI=1S/C49H38N2S/c1-4-15-43-35(3)24-29-42(34-50(47(43)5-2)39-18-10-7-11-19-39)51(40-30-25-37(26-31-40)36-16-8-6-9-17-36)41-32-27-38(28-33-41)44-21-14-22-46-45-20-12-13-23-48(45)52-49(44)46/h4-34H,2-3H2,1H3/b15-4-,29-24-,42-34+,47-43-. The first-order valence-electron chi connectivity index (χ1n) is 17.5. The average Bonchev–Trinajstić information content (AvgIpc) is 3.59. The van der Waals surface area contributed by atoms with E-state index in [0.717, 1.165) is 39.6 Å². The zero-order valence-corrected chi connectivity index (χ0v) is 29.9. The molecule has 1 aliphatic heterocycles. The van der Waals surface area contributed by atoms with Crippen LogP contribution >= 0.6 is 11.3 Å². The normalized spacial score (nSPS) is 16.4. The molecule has 0 atom stereocenters. The van der Waals surface area contributed by atoms with Crippen molar-refractivity contribution < 1.29 is 0 Å². The largest absolute Gasteiger partial charge is 0.314 e. The highest BCUT2D eigenvalue weighted by Crippen LogP contribution is 2.41. The summed E-state index contributed by atoms with van der Waals surface area (Å²) >= 11 is 1.86. The molecule has 7 aromatic rings. The maximum atomic E-state index is 4.50. The van der Waals surface area contributed by atoms with Crippen LogP contribution in [0.3, 0.4) is 0 Å². The predicted octanol–water partition coefficient (Wildman–Crippen LogP) is 14.0. The number of hydrogen-bond donors (Lipinski definition) is 0. The Hall–Kier alpha value is -6.42. The van der Waals surface area contributed by atoms with Crippen LogP contribution in [0.2, 0.25) is 0 Å². The Morgan fingerprint density at radius 3 is 1.92 bits per heavy atom. The van der Waals surface area contributed by atoms with Crippen molar-refractivity contribution in [2.75, 3.05) is 9.80 Å². The van der Waals surface area contributed by atoms with E-state index in [4.69, 9.17) is 0 Å². The maximum Gasteiger partial charge on any atom is 0.0628 e. The summed E-state index contributed by atoms with van der Waals surface area (Å²) in [4.78, 5) is 4.54. The molecule has 250 valence electrons. The van der Waals surface area contributed by atoms with Crippen LogP contribution in [0.4, 0.5) is 17.1 Å². The zero-order chi connectivity index (χ0) is 35.4. The summed E-state index contributed by atoms with van der Waals surface area (Å²) in [5.41, 5.74) is 11.8. The summed E-state index contributed by atoms with van der Waals surface area (Å²) in [6.45, 7) is 10.8. The van der Waals surface area contributed by atoms with Crippen molar-refractivity contribution in [1.82, 2.24) is 0 Å². The van der Waals surface area contributed by atoms with Crippen LogP contribution in [-0.4, -0.2) is 0 Å². The summed E-state index contributed by atoms with van der Waals surface area (Å²) in [6.07, 6.45) is 12.6. The van der Waals surface area contributed by atoms with Crippen LogP contribution in [0, 0.1) is 0 Å². The molecule has 0 spiro atoms. The van der Waals surface area contributed by atoms with Crippen molar-refractivity contribution in [3.05, 3.63) is 224 Å². The Morgan fingerprint density at radius 2 is 1.23 bits per heavy atom. The minimum atomic E-state index is 0.908. The molecule has 0 N–H and O–H groups in total. The molecule has 3 heteroatoms. The molecule has 0 bridgehead atoms. The van der Waals surface area contributed by atoms with E-state index in [1.54, 1.807) is 0 Å². The highest BCUT2D eigenvalue weighted by atomic mass is 32.1. The Labute approximate surface area is 310 Å². The van der Waals surface area contributed by atoms with E-state index in [1.807, 2.05) is 30.4 Å². The van der Waals surface area contributed by atoms with Gasteiger partial charge in [0.2, 0.25) is 0 Å². The van der Waals surface area contributed by atoms with E-state index >= 15 is 0 Å². The number of rotatable bonds is 8. The van der Waals surface area contributed by atoms with Crippen LogP contribution in [0.15, 0.2) is 224 Å². The molecule has 8 rings (SSSR count). The summed E-state index contributed by atoms with van der Waals surface area (Å²) in [6, 6.07) is 54.1. The van der Waals surface area contributed by atoms with E-state index in [-0.39, 0.29) is 0 Å². The molecule has 0 saturated carbocycles. The first kappa shape index (κ1) is 32.8. The second kappa shape index (κ2) is 14.4. The third-order valence-corrected chi connectivity index (χ3v) is 10.7. The third kappa shape index (κ3) is 6.23. The molecule has 0 radical (unpaired) electrons. The number of para-hydroxylation sites is 1. The lowest BCUT2D eigenvalue weighted by atomic mass is 10.00. The summed E-state index contributed by atoms with van der Waals surface area (Å²) in [5, 5.41) is 2.61. The molecule has 0 unspecified atom stereocenters. The summed E-state index contributed by atoms with van der Waals surface area (Å²) in [5.74, 6) is 0. The van der Waals surface area contributed by atoms with Gasteiger partial charge in [0.05, 0.1) is 11.4 Å². The molecular weight excluding hydrogens is 649 g/mol. The summed E-state index contributed by atoms with van der Waals surface area (Å²) < 4.78 is 2.62. The fourth-order valence-electron chi connectivity index (χ4n) is 6.96. The van der Waals surface area contributed by atoms with Crippen LogP contribution in [0.25, 0.3) is 42.4 Å². The van der Waals surface area contributed by atoms with Gasteiger partial charge in [-0.2, -0.15) is 0 Å². The third-order valence-electron chi connectivity index (χ3n) is 9.49. The number of hydrogen-bond acceptors (Lipinski definition) is 3. The van der Waals surface area contributed by atoms with Crippen molar-refractivity contribution in [2.24, 2.45) is 0 Å². The maximum absolute atomic E-state index is 4.50. The highest BCUT2D eigenvalue weighted by molar-refractivity contribution is 7.26. The van der Waals surface area contributed by atoms with Gasteiger partial charge in [-0.15, -0.1) is 11.3 Å². The smallest absolute Gasteiger partial charge is 0.0628 e. The fourth-order valence-corrected chi connectivity index (χ4v) is 8.20. The highest BCUT2D eigenvalue weighted by Gasteiger charge is 2.21. The van der Waals surface area contributed by atoms with Crippen molar-refractivity contribution in [3.63, 3.8) is 0 Å². The molecule has 2 nitrogen and oxygen atoms in total. The molecular formula is C49H38N2S. The fraction of sp³-hybridized carbons (Fsp3) is 0.0204. The number of benzene rings is 6. The van der Waals surface area contributed by atoms with Gasteiger partial charge in [-0.05, 0) is 89.4 Å². The Morgan fingerprint density at radius 1 is 0.615 bits per heavy atom. The first-order valence-corrected chi connectivity index (χ1v) is 18.3. The van der Waals surface area contributed by atoms with Gasteiger partial charge in [0.15, 0.2) is 0 Å². The number of anilines is 3. The van der Waals surface area contributed by atoms with Crippen molar-refractivity contribution in [3.8, 4) is 22.3 Å². The number of allylic oxidation sites excluding steroid dienone is 7. The predicted molar refractivity (Wildman–Crippen MR) is 226 cm³/mol. The number of fused-ring (bicyclic) bond motifs is 3. The minimum Gasteiger partial charge on any atom is -0.314 e. The van der Waals surface area contributed by atoms with Gasteiger partial charge in [0.25, 0.3) is 0 Å². The quantitative estimate of drug-likeness (QED) is 0.157. The number of nitrogens with zero attached hydrogens (tertiary/aromatic N) is 2. The molecule has 6 aromatic carbocycles. The molecule has 52 heavy (non-hydrogen) atoms. The molecule has 0 aliphatic carbocycles. The van der Waals surface area contributed by atoms with E-state index in [2.05, 4.69) is 199 Å². The molecule has 0 fully saturated rings. The van der Waals surface area contributed by atoms with E-state index in [0.29, 0.717) is 0 Å². The van der Waals surface area contributed by atoms with Gasteiger partial charge in [-0.25, -0.2) is 0 Å². The minimum absolute atomic E-state index is 0.908. The van der Waals surface area contributed by atoms with E-state index in [9.17, 15) is 0 Å². The van der Waals surface area contributed by atoms with Crippen LogP contribution in [-0.2, 0) is 0 Å². The van der Waals surface area contributed by atoms with Gasteiger partial charge in [-0.3, -0.25) is 0 Å². The lowest BCUT2D eigenvalue weighted by Gasteiger charge is -2.32. The van der Waals surface area contributed by atoms with Gasteiger partial charge in [0.1, 0.15) is 0 Å². The SMILES string of the molecule is C=C/C1=C(\C=C/C)C(=C)/C=C\C(N(c2ccc(-c3ccccc3)cc2)c2ccc(-c3cccc4c3sc3ccccc34)cc2)=C/N1c1ccccc1. The Kier molecular flexibility index (Phi) is 9.10. The second-order valence-electron chi connectivity index (χ2n) is 12.7. The van der Waals surface area contributed by atoms with Gasteiger partial charge in [-0.1, -0.05) is 141 Å². The molecule has 1 aliphatic rings. The monoisotopic (exact) mass is 686 g/mol. The van der Waals surface area contributed by atoms with Crippen molar-refractivity contribution in [1.29, 1.82) is 0 Å². The van der Waals surface area contributed by atoms with Crippen molar-refractivity contribution in [2.45, 2.75) is 6.92 Å². The lowest BCUT2D eigenvalue weighted by molar-refractivity contribution is 1.11. The summed E-state index contributed by atoms with van der Waals surface area (Å²) in [7, 11) is 0. The second-order valence-corrected chi connectivity index (χ2v) is 13.7. The Balaban J connectivity index is 1.29. The lowest BCUT2D eigenvalue weighted by Crippen LogP contribution is -2.23. The topological polar surface area (TPSA) is 6.48 Å². The first-order chi connectivity index (χ1) is 25.6. The van der Waals surface area contributed by atoms with Crippen LogP contribution < -0.4 is 9.80 Å². The molecule has 1 aromatic heterocycles. The molecule has 2 heterocycles. The average molecular weight is 687 g/mol. The van der Waals surface area contributed by atoms with Crippen LogP contribution in [0.1, 0.15) is 6.92 Å². The Bertz CT molecular complexity index is 2530. The van der Waals surface area contributed by atoms with E-state index in [1.165, 1.54) is 42.4 Å². The van der Waals surface area contributed by atoms with Crippen molar-refractivity contribution >= 4 is 48.6 Å². The number of thiophene rings is 1. The zero-order valence-electron chi connectivity index (χ0n) is 29.1. The molecule has 0 amide bonds. The van der Waals surface area contributed by atoms with Gasteiger partial charge >= 0.3 is 0 Å². The van der Waals surface area contributed by atoms with E-state index < -0.39 is 0 Å². The van der Waals surface area contributed by atoms with Gasteiger partial charge < -0.3 is 9.80 Å². The molecule has 0 saturated heterocycles. The van der Waals surface area contributed by atoms with Crippen LogP contribution in [0.5, 0.6) is 0 Å². The van der Waals surface area contributed by atoms with Gasteiger partial charge in [0, 0.05) is 49.0 Å².